The number of nitrogens with one attached hydrogen (secondary N) is 1. The number of amides is 1. The van der Waals surface area contributed by atoms with Crippen molar-refractivity contribution in [2.24, 2.45) is 5.84 Å². The third kappa shape index (κ3) is 3.14. The molecule has 3 rings (SSSR count). The smallest absolute Gasteiger partial charge is 0.238 e. The summed E-state index contributed by atoms with van der Waals surface area (Å²) in [5.41, 5.74) is 6.72. The monoisotopic (exact) mass is 307 g/mol. The van der Waals surface area contributed by atoms with E-state index in [2.05, 4.69) is 22.7 Å². The van der Waals surface area contributed by atoms with Crippen molar-refractivity contribution in [2.45, 2.75) is 13.3 Å². The van der Waals surface area contributed by atoms with E-state index in [1.807, 2.05) is 49.4 Å². The molecule has 1 amide bonds. The van der Waals surface area contributed by atoms with E-state index in [-0.39, 0.29) is 12.3 Å². The van der Waals surface area contributed by atoms with Crippen LogP contribution in [0.4, 0.5) is 0 Å². The molecule has 3 N–H and O–H groups in total. The van der Waals surface area contributed by atoms with Crippen molar-refractivity contribution in [3.8, 4) is 22.5 Å². The fourth-order valence-electron chi connectivity index (χ4n) is 2.48. The second kappa shape index (κ2) is 6.46. The normalized spacial score (nSPS) is 10.5. The van der Waals surface area contributed by atoms with E-state index < -0.39 is 0 Å². The van der Waals surface area contributed by atoms with Gasteiger partial charge in [0, 0.05) is 11.1 Å². The minimum Gasteiger partial charge on any atom is -0.356 e. The van der Waals surface area contributed by atoms with Crippen LogP contribution in [0.2, 0.25) is 0 Å². The van der Waals surface area contributed by atoms with E-state index in [0.717, 1.165) is 22.3 Å². The van der Waals surface area contributed by atoms with Crippen LogP contribution in [0, 0.1) is 6.92 Å². The van der Waals surface area contributed by atoms with E-state index in [1.54, 1.807) is 0 Å². The average molecular weight is 307 g/mol. The van der Waals surface area contributed by atoms with Gasteiger partial charge in [0.25, 0.3) is 0 Å². The van der Waals surface area contributed by atoms with E-state index in [1.165, 1.54) is 0 Å². The standard InChI is InChI=1S/C18H17N3O2/c1-12-16(11-17(22)20-19)18(23-21-12)15-9-7-14(8-10-15)13-5-3-2-4-6-13/h2-10H,11,19H2,1H3,(H,20,22). The van der Waals surface area contributed by atoms with Crippen molar-refractivity contribution in [2.75, 3.05) is 0 Å². The molecule has 1 aromatic heterocycles. The molecule has 0 atom stereocenters. The Kier molecular flexibility index (Phi) is 4.21. The highest BCUT2D eigenvalue weighted by atomic mass is 16.5. The maximum atomic E-state index is 11.5. The lowest BCUT2D eigenvalue weighted by atomic mass is 10.0. The number of carbonyl (C=O) groups is 1. The fraction of sp³-hybridized carbons (Fsp3) is 0.111. The fourth-order valence-corrected chi connectivity index (χ4v) is 2.48. The highest BCUT2D eigenvalue weighted by Crippen LogP contribution is 2.29. The molecule has 0 radical (unpaired) electrons. The molecule has 0 saturated heterocycles. The first-order chi connectivity index (χ1) is 11.2. The van der Waals surface area contributed by atoms with Gasteiger partial charge in [-0.1, -0.05) is 59.8 Å². The van der Waals surface area contributed by atoms with Gasteiger partial charge in [-0.2, -0.15) is 0 Å². The number of hydrogen-bond acceptors (Lipinski definition) is 4. The van der Waals surface area contributed by atoms with Crippen molar-refractivity contribution in [1.29, 1.82) is 0 Å². The first-order valence-electron chi connectivity index (χ1n) is 7.29. The van der Waals surface area contributed by atoms with Crippen molar-refractivity contribution in [3.05, 3.63) is 65.9 Å². The lowest BCUT2D eigenvalue weighted by Crippen LogP contribution is -2.31. The minimum absolute atomic E-state index is 0.140. The van der Waals surface area contributed by atoms with E-state index in [0.29, 0.717) is 11.5 Å². The summed E-state index contributed by atoms with van der Waals surface area (Å²) in [6.07, 6.45) is 0.140. The number of nitrogens with two attached hydrogens (primary N) is 1. The van der Waals surface area contributed by atoms with Crippen LogP contribution in [0.1, 0.15) is 11.3 Å². The number of nitrogens with zero attached hydrogens (tertiary/aromatic N) is 1. The Balaban J connectivity index is 1.93. The summed E-state index contributed by atoms with van der Waals surface area (Å²) in [7, 11) is 0. The lowest BCUT2D eigenvalue weighted by Gasteiger charge is -2.05. The molecule has 5 heteroatoms. The number of aromatic nitrogens is 1. The molecule has 0 bridgehead atoms. The Morgan fingerprint density at radius 3 is 2.30 bits per heavy atom. The molecule has 0 aliphatic heterocycles. The highest BCUT2D eigenvalue weighted by molar-refractivity contribution is 5.81. The molecule has 116 valence electrons. The summed E-state index contributed by atoms with van der Waals surface area (Å²) in [4.78, 5) is 11.5. The van der Waals surface area contributed by atoms with Crippen LogP contribution in [0.15, 0.2) is 59.1 Å². The van der Waals surface area contributed by atoms with Crippen molar-refractivity contribution in [1.82, 2.24) is 10.6 Å². The number of hydrogen-bond donors (Lipinski definition) is 2. The third-order valence-electron chi connectivity index (χ3n) is 3.74. The Morgan fingerprint density at radius 2 is 1.65 bits per heavy atom. The summed E-state index contributed by atoms with van der Waals surface area (Å²) in [6, 6.07) is 18.1. The maximum absolute atomic E-state index is 11.5. The molecule has 0 saturated carbocycles. The highest BCUT2D eigenvalue weighted by Gasteiger charge is 2.17. The van der Waals surface area contributed by atoms with Crippen molar-refractivity contribution in [3.63, 3.8) is 0 Å². The molecule has 2 aromatic carbocycles. The molecule has 3 aromatic rings. The quantitative estimate of drug-likeness (QED) is 0.441. The lowest BCUT2D eigenvalue weighted by molar-refractivity contribution is -0.120. The largest absolute Gasteiger partial charge is 0.356 e. The van der Waals surface area contributed by atoms with Gasteiger partial charge in [0.2, 0.25) is 5.91 Å². The molecule has 0 aliphatic carbocycles. The topological polar surface area (TPSA) is 81.2 Å². The zero-order valence-electron chi connectivity index (χ0n) is 12.7. The number of benzene rings is 2. The SMILES string of the molecule is Cc1noc(-c2ccc(-c3ccccc3)cc2)c1CC(=O)NN. The maximum Gasteiger partial charge on any atom is 0.238 e. The third-order valence-corrected chi connectivity index (χ3v) is 3.74. The molecule has 0 spiro atoms. The van der Waals surface area contributed by atoms with E-state index in [4.69, 9.17) is 10.4 Å². The van der Waals surface area contributed by atoms with Crippen LogP contribution in [-0.2, 0) is 11.2 Å². The van der Waals surface area contributed by atoms with Crippen LogP contribution >= 0.6 is 0 Å². The molecular formula is C18H17N3O2. The minimum atomic E-state index is -0.279. The van der Waals surface area contributed by atoms with Crippen molar-refractivity contribution < 1.29 is 9.32 Å². The summed E-state index contributed by atoms with van der Waals surface area (Å²) in [5.74, 6) is 5.48. The Bertz CT molecular complexity index is 808. The summed E-state index contributed by atoms with van der Waals surface area (Å²) in [6.45, 7) is 1.81. The number of carbonyl (C=O) groups excluding carboxylic acids is 1. The summed E-state index contributed by atoms with van der Waals surface area (Å²) >= 11 is 0. The van der Waals surface area contributed by atoms with Gasteiger partial charge in [0.05, 0.1) is 12.1 Å². The second-order valence-electron chi connectivity index (χ2n) is 5.26. The predicted molar refractivity (Wildman–Crippen MR) is 88.1 cm³/mol. The zero-order chi connectivity index (χ0) is 16.2. The summed E-state index contributed by atoms with van der Waals surface area (Å²) in [5, 5.41) is 3.97. The Hall–Kier alpha value is -2.92. The van der Waals surface area contributed by atoms with Crippen LogP contribution in [0.3, 0.4) is 0 Å². The second-order valence-corrected chi connectivity index (χ2v) is 5.26. The van der Waals surface area contributed by atoms with Gasteiger partial charge >= 0.3 is 0 Å². The molecular weight excluding hydrogens is 290 g/mol. The first kappa shape index (κ1) is 15.0. The van der Waals surface area contributed by atoms with E-state index in [9.17, 15) is 4.79 Å². The molecule has 0 unspecified atom stereocenters. The van der Waals surface area contributed by atoms with Gasteiger partial charge in [-0.25, -0.2) is 5.84 Å². The van der Waals surface area contributed by atoms with Gasteiger partial charge in [-0.05, 0) is 18.1 Å². The van der Waals surface area contributed by atoms with Crippen LogP contribution < -0.4 is 11.3 Å². The molecule has 5 nitrogen and oxygen atoms in total. The average Bonchev–Trinajstić information content (AvgIpc) is 2.96. The first-order valence-corrected chi connectivity index (χ1v) is 7.29. The Labute approximate surface area is 134 Å². The van der Waals surface area contributed by atoms with Gasteiger partial charge in [-0.15, -0.1) is 0 Å². The van der Waals surface area contributed by atoms with Gasteiger partial charge in [0.1, 0.15) is 0 Å². The summed E-state index contributed by atoms with van der Waals surface area (Å²) < 4.78 is 5.40. The predicted octanol–water partition coefficient (Wildman–Crippen LogP) is 2.85. The molecule has 0 aliphatic rings. The van der Waals surface area contributed by atoms with Crippen LogP contribution in [0.5, 0.6) is 0 Å². The zero-order valence-corrected chi connectivity index (χ0v) is 12.7. The van der Waals surface area contributed by atoms with Crippen LogP contribution in [-0.4, -0.2) is 11.1 Å². The number of rotatable bonds is 4. The van der Waals surface area contributed by atoms with Gasteiger partial charge in [-0.3, -0.25) is 10.2 Å². The number of aryl methyl sites for hydroxylation is 1. The molecule has 1 heterocycles. The van der Waals surface area contributed by atoms with Gasteiger partial charge in [0.15, 0.2) is 5.76 Å². The molecule has 23 heavy (non-hydrogen) atoms. The van der Waals surface area contributed by atoms with Crippen LogP contribution in [0.25, 0.3) is 22.5 Å². The molecule has 0 fully saturated rings. The Morgan fingerprint density at radius 1 is 1.04 bits per heavy atom. The number of hydrazine groups is 1. The van der Waals surface area contributed by atoms with Crippen molar-refractivity contribution >= 4 is 5.91 Å². The van der Waals surface area contributed by atoms with Gasteiger partial charge < -0.3 is 4.52 Å². The van der Waals surface area contributed by atoms with E-state index >= 15 is 0 Å².